The smallest absolute Gasteiger partial charge is 0.263 e. The molecule has 2 aromatic rings. The second kappa shape index (κ2) is 7.33. The molecule has 1 atom stereocenters. The molecule has 0 radical (unpaired) electrons. The third-order valence-electron chi connectivity index (χ3n) is 5.84. The van der Waals surface area contributed by atoms with Crippen molar-refractivity contribution < 1.29 is 13.9 Å². The first-order chi connectivity index (χ1) is 13.0. The average molecular weight is 391 g/mol. The fourth-order valence-electron chi connectivity index (χ4n) is 4.38. The topological polar surface area (TPSA) is 71.7 Å². The van der Waals surface area contributed by atoms with Crippen LogP contribution in [-0.2, 0) is 11.3 Å². The van der Waals surface area contributed by atoms with E-state index in [2.05, 4.69) is 22.1 Å². The number of aryl methyl sites for hydroxylation is 1. The minimum Gasteiger partial charge on any atom is -0.421 e. The SMILES string of the molecule is COCc1nnc(C2CC3(CCN(C(=O)c4ccc(C)s4)CC3)CN2C)o1. The van der Waals surface area contributed by atoms with Gasteiger partial charge < -0.3 is 14.1 Å². The third kappa shape index (κ3) is 3.66. The number of aromatic nitrogens is 2. The molecule has 0 bridgehead atoms. The summed E-state index contributed by atoms with van der Waals surface area (Å²) in [5.74, 6) is 1.37. The Labute approximate surface area is 163 Å². The highest BCUT2D eigenvalue weighted by Gasteiger charge is 2.47. The molecular formula is C19H26N4O3S. The highest BCUT2D eigenvalue weighted by atomic mass is 32.1. The molecule has 146 valence electrons. The second-order valence-electron chi connectivity index (χ2n) is 7.80. The summed E-state index contributed by atoms with van der Waals surface area (Å²) in [6, 6.07) is 4.10. The van der Waals surface area contributed by atoms with Crippen LogP contribution in [0.2, 0.25) is 0 Å². The third-order valence-corrected chi connectivity index (χ3v) is 6.83. The molecule has 4 rings (SSSR count). The van der Waals surface area contributed by atoms with Gasteiger partial charge in [-0.2, -0.15) is 0 Å². The fraction of sp³-hybridized carbons (Fsp3) is 0.632. The molecular weight excluding hydrogens is 364 g/mol. The van der Waals surface area contributed by atoms with Gasteiger partial charge in [0, 0.05) is 31.6 Å². The highest BCUT2D eigenvalue weighted by molar-refractivity contribution is 7.13. The van der Waals surface area contributed by atoms with E-state index < -0.39 is 0 Å². The summed E-state index contributed by atoms with van der Waals surface area (Å²) in [6.07, 6.45) is 3.03. The Balaban J connectivity index is 1.40. The van der Waals surface area contributed by atoms with Crippen LogP contribution in [-0.4, -0.2) is 59.7 Å². The van der Waals surface area contributed by atoms with E-state index in [1.165, 1.54) is 4.88 Å². The summed E-state index contributed by atoms with van der Waals surface area (Å²) in [5.41, 5.74) is 0.220. The van der Waals surface area contributed by atoms with Gasteiger partial charge in [-0.05, 0) is 50.8 Å². The van der Waals surface area contributed by atoms with Crippen LogP contribution in [0.25, 0.3) is 0 Å². The minimum absolute atomic E-state index is 0.144. The van der Waals surface area contributed by atoms with E-state index in [-0.39, 0.29) is 17.4 Å². The van der Waals surface area contributed by atoms with Crippen LogP contribution in [0.15, 0.2) is 16.5 Å². The standard InChI is InChI=1S/C19H26N4O3S/c1-13-4-5-15(27-13)18(24)23-8-6-19(7-9-23)10-14(22(2)12-19)17-21-20-16(26-17)11-25-3/h4-5,14H,6-12H2,1-3H3. The van der Waals surface area contributed by atoms with Crippen LogP contribution in [0.3, 0.4) is 0 Å². The van der Waals surface area contributed by atoms with Gasteiger partial charge in [0.2, 0.25) is 11.8 Å². The normalized spacial score (nSPS) is 22.6. The molecule has 2 aliphatic rings. The molecule has 2 saturated heterocycles. The zero-order valence-electron chi connectivity index (χ0n) is 16.1. The van der Waals surface area contributed by atoms with E-state index in [0.29, 0.717) is 18.4 Å². The van der Waals surface area contributed by atoms with Crippen molar-refractivity contribution in [3.8, 4) is 0 Å². The first-order valence-electron chi connectivity index (χ1n) is 9.37. The Kier molecular flexibility index (Phi) is 5.05. The average Bonchev–Trinajstić information content (AvgIpc) is 3.35. The molecule has 0 saturated carbocycles. The van der Waals surface area contributed by atoms with Gasteiger partial charge in [-0.3, -0.25) is 9.69 Å². The quantitative estimate of drug-likeness (QED) is 0.799. The summed E-state index contributed by atoms with van der Waals surface area (Å²) >= 11 is 1.58. The number of methoxy groups -OCH3 is 1. The van der Waals surface area contributed by atoms with Gasteiger partial charge in [-0.1, -0.05) is 0 Å². The zero-order valence-corrected chi connectivity index (χ0v) is 16.9. The summed E-state index contributed by atoms with van der Waals surface area (Å²) in [7, 11) is 3.73. The first-order valence-corrected chi connectivity index (χ1v) is 10.2. The number of rotatable bonds is 4. The molecule has 8 heteroatoms. The second-order valence-corrected chi connectivity index (χ2v) is 9.09. The first kappa shape index (κ1) is 18.6. The Morgan fingerprint density at radius 3 is 2.81 bits per heavy atom. The van der Waals surface area contributed by atoms with E-state index in [1.807, 2.05) is 24.0 Å². The molecule has 2 aliphatic heterocycles. The van der Waals surface area contributed by atoms with Crippen molar-refractivity contribution in [3.63, 3.8) is 0 Å². The summed E-state index contributed by atoms with van der Waals surface area (Å²) in [4.78, 5) is 19.1. The number of amides is 1. The van der Waals surface area contributed by atoms with Gasteiger partial charge in [-0.15, -0.1) is 21.5 Å². The van der Waals surface area contributed by atoms with Crippen molar-refractivity contribution in [2.45, 2.75) is 38.8 Å². The number of hydrogen-bond donors (Lipinski definition) is 0. The van der Waals surface area contributed by atoms with E-state index in [4.69, 9.17) is 9.15 Å². The van der Waals surface area contributed by atoms with Crippen molar-refractivity contribution in [1.29, 1.82) is 0 Å². The van der Waals surface area contributed by atoms with E-state index in [1.54, 1.807) is 18.4 Å². The van der Waals surface area contributed by atoms with Gasteiger partial charge in [-0.25, -0.2) is 0 Å². The maximum absolute atomic E-state index is 12.7. The molecule has 7 nitrogen and oxygen atoms in total. The summed E-state index contributed by atoms with van der Waals surface area (Å²) in [6.45, 7) is 5.01. The monoisotopic (exact) mass is 390 g/mol. The lowest BCUT2D eigenvalue weighted by Crippen LogP contribution is -2.43. The van der Waals surface area contributed by atoms with E-state index in [0.717, 1.165) is 43.8 Å². The van der Waals surface area contributed by atoms with Gasteiger partial charge >= 0.3 is 0 Å². The van der Waals surface area contributed by atoms with Crippen LogP contribution in [0.1, 0.15) is 51.6 Å². The van der Waals surface area contributed by atoms with Crippen molar-refractivity contribution in [2.24, 2.45) is 5.41 Å². The zero-order chi connectivity index (χ0) is 19.0. The highest BCUT2D eigenvalue weighted by Crippen LogP contribution is 2.48. The van der Waals surface area contributed by atoms with Crippen molar-refractivity contribution in [2.75, 3.05) is 33.8 Å². The van der Waals surface area contributed by atoms with Crippen LogP contribution in [0, 0.1) is 12.3 Å². The molecule has 0 aromatic carbocycles. The van der Waals surface area contributed by atoms with E-state index >= 15 is 0 Å². The number of nitrogens with zero attached hydrogens (tertiary/aromatic N) is 4. The van der Waals surface area contributed by atoms with Gasteiger partial charge in [0.25, 0.3) is 5.91 Å². The van der Waals surface area contributed by atoms with Crippen molar-refractivity contribution in [1.82, 2.24) is 20.0 Å². The summed E-state index contributed by atoms with van der Waals surface area (Å²) in [5, 5.41) is 8.30. The summed E-state index contributed by atoms with van der Waals surface area (Å²) < 4.78 is 10.8. The molecule has 1 spiro atoms. The number of hydrogen-bond acceptors (Lipinski definition) is 7. The number of piperidine rings is 1. The Morgan fingerprint density at radius 2 is 2.15 bits per heavy atom. The molecule has 4 heterocycles. The lowest BCUT2D eigenvalue weighted by Gasteiger charge is -2.39. The maximum atomic E-state index is 12.7. The van der Waals surface area contributed by atoms with Gasteiger partial charge in [0.05, 0.1) is 10.9 Å². The van der Waals surface area contributed by atoms with Crippen LogP contribution in [0.5, 0.6) is 0 Å². The number of ether oxygens (including phenoxy) is 1. The molecule has 0 aliphatic carbocycles. The number of carbonyl (C=O) groups is 1. The molecule has 27 heavy (non-hydrogen) atoms. The van der Waals surface area contributed by atoms with Crippen molar-refractivity contribution >= 4 is 17.2 Å². The molecule has 1 unspecified atom stereocenters. The minimum atomic E-state index is 0.144. The largest absolute Gasteiger partial charge is 0.421 e. The Bertz CT molecular complexity index is 809. The van der Waals surface area contributed by atoms with E-state index in [9.17, 15) is 4.79 Å². The van der Waals surface area contributed by atoms with Gasteiger partial charge in [0.1, 0.15) is 6.61 Å². The maximum Gasteiger partial charge on any atom is 0.263 e. The molecule has 2 aromatic heterocycles. The fourth-order valence-corrected chi connectivity index (χ4v) is 5.22. The predicted octanol–water partition coefficient (Wildman–Crippen LogP) is 2.89. The van der Waals surface area contributed by atoms with Gasteiger partial charge in [0.15, 0.2) is 0 Å². The Hall–Kier alpha value is -1.77. The number of thiophene rings is 1. The lowest BCUT2D eigenvalue weighted by atomic mass is 9.76. The Morgan fingerprint density at radius 1 is 1.37 bits per heavy atom. The predicted molar refractivity (Wildman–Crippen MR) is 102 cm³/mol. The lowest BCUT2D eigenvalue weighted by molar-refractivity contribution is 0.0597. The van der Waals surface area contributed by atoms with Crippen LogP contribution < -0.4 is 0 Å². The van der Waals surface area contributed by atoms with Crippen LogP contribution in [0.4, 0.5) is 0 Å². The van der Waals surface area contributed by atoms with Crippen LogP contribution >= 0.6 is 11.3 Å². The number of likely N-dealkylation sites (tertiary alicyclic amines) is 2. The number of carbonyl (C=O) groups excluding carboxylic acids is 1. The molecule has 0 N–H and O–H groups in total. The molecule has 2 fully saturated rings. The van der Waals surface area contributed by atoms with Crippen molar-refractivity contribution in [3.05, 3.63) is 33.7 Å². The molecule has 1 amide bonds.